The van der Waals surface area contributed by atoms with Crippen molar-refractivity contribution in [1.29, 1.82) is 0 Å². The molecular formula is C22H20F4N4O2S. The number of fused-ring (bicyclic) bond motifs is 1. The van der Waals surface area contributed by atoms with E-state index in [1.807, 2.05) is 6.92 Å². The second-order valence-electron chi connectivity index (χ2n) is 7.72. The molecule has 0 fully saturated rings. The van der Waals surface area contributed by atoms with Gasteiger partial charge >= 0.3 is 6.18 Å². The van der Waals surface area contributed by atoms with E-state index in [1.54, 1.807) is 0 Å². The maximum atomic E-state index is 13.4. The first-order chi connectivity index (χ1) is 15.1. The van der Waals surface area contributed by atoms with Crippen molar-refractivity contribution in [2.24, 2.45) is 0 Å². The van der Waals surface area contributed by atoms with Crippen molar-refractivity contribution in [1.82, 2.24) is 14.8 Å². The van der Waals surface area contributed by atoms with Crippen LogP contribution in [0.2, 0.25) is 0 Å². The summed E-state index contributed by atoms with van der Waals surface area (Å²) in [5.41, 5.74) is 0.161. The van der Waals surface area contributed by atoms with Gasteiger partial charge in [0.1, 0.15) is 11.5 Å². The number of aryl methyl sites for hydroxylation is 1. The van der Waals surface area contributed by atoms with Gasteiger partial charge in [0.15, 0.2) is 5.78 Å². The highest BCUT2D eigenvalue weighted by molar-refractivity contribution is 7.59. The molecule has 1 amide bonds. The lowest BCUT2D eigenvalue weighted by Gasteiger charge is -2.32. The lowest BCUT2D eigenvalue weighted by atomic mass is 10.0. The number of carbonyl (C=O) groups is 2. The summed E-state index contributed by atoms with van der Waals surface area (Å²) in [6.07, 6.45) is -1.05. The first kappa shape index (κ1) is 24.4. The zero-order chi connectivity index (χ0) is 23.2. The summed E-state index contributed by atoms with van der Waals surface area (Å²) in [5.74, 6) is -1.56. The van der Waals surface area contributed by atoms with Gasteiger partial charge in [0, 0.05) is 36.0 Å². The van der Waals surface area contributed by atoms with Crippen molar-refractivity contribution in [3.05, 3.63) is 76.6 Å². The van der Waals surface area contributed by atoms with Gasteiger partial charge < -0.3 is 4.90 Å². The van der Waals surface area contributed by atoms with E-state index in [2.05, 4.69) is 10.1 Å². The molecule has 1 atom stereocenters. The fourth-order valence-electron chi connectivity index (χ4n) is 3.84. The number of anilines is 1. The number of aromatic nitrogens is 3. The number of halogens is 4. The standard InChI is InChI=1S/C22H18F4N4O2.H2S/c1-12-5-17(3-4-18(12)22(24,25)26)29-11-13(2)30-20(21(29)32)15(9-28-30)7-19(31)14-6-16(23)10-27-8-14;/h3-6,8-10,13H,7,11H2,1-2H3;1H2/t13-;/m0./s1. The zero-order valence-corrected chi connectivity index (χ0v) is 18.7. The molecule has 1 aromatic carbocycles. The van der Waals surface area contributed by atoms with Crippen LogP contribution in [0.25, 0.3) is 0 Å². The largest absolute Gasteiger partial charge is 0.416 e. The van der Waals surface area contributed by atoms with Crippen molar-refractivity contribution in [2.75, 3.05) is 11.4 Å². The van der Waals surface area contributed by atoms with Gasteiger partial charge in [0.2, 0.25) is 0 Å². The number of amides is 1. The van der Waals surface area contributed by atoms with E-state index in [-0.39, 0.29) is 49.3 Å². The summed E-state index contributed by atoms with van der Waals surface area (Å²) in [6, 6.07) is 4.33. The Morgan fingerprint density at radius 1 is 1.18 bits per heavy atom. The van der Waals surface area contributed by atoms with Crippen LogP contribution in [0.1, 0.15) is 50.5 Å². The molecule has 0 saturated carbocycles. The molecule has 0 aliphatic carbocycles. The molecule has 3 aromatic rings. The molecule has 3 heterocycles. The van der Waals surface area contributed by atoms with E-state index in [0.29, 0.717) is 11.3 Å². The van der Waals surface area contributed by atoms with E-state index < -0.39 is 29.2 Å². The number of hydrogen-bond donors (Lipinski definition) is 0. The van der Waals surface area contributed by atoms with Gasteiger partial charge in [-0.1, -0.05) is 0 Å². The fraction of sp³-hybridized carbons (Fsp3) is 0.273. The summed E-state index contributed by atoms with van der Waals surface area (Å²) < 4.78 is 54.2. The molecule has 0 bridgehead atoms. The molecule has 0 spiro atoms. The van der Waals surface area contributed by atoms with Gasteiger partial charge in [-0.25, -0.2) is 4.39 Å². The van der Waals surface area contributed by atoms with Crippen molar-refractivity contribution in [3.8, 4) is 0 Å². The van der Waals surface area contributed by atoms with E-state index in [9.17, 15) is 27.2 Å². The Morgan fingerprint density at radius 2 is 1.91 bits per heavy atom. The van der Waals surface area contributed by atoms with Crippen LogP contribution in [0.4, 0.5) is 23.2 Å². The summed E-state index contributed by atoms with van der Waals surface area (Å²) in [6.45, 7) is 3.36. The maximum absolute atomic E-state index is 13.4. The number of Topliss-reactive ketones (excluding diaryl/α,β-unsaturated/α-hetero) is 1. The Bertz CT molecular complexity index is 1230. The highest BCUT2D eigenvalue weighted by Crippen LogP contribution is 2.35. The molecule has 11 heteroatoms. The lowest BCUT2D eigenvalue weighted by molar-refractivity contribution is -0.138. The van der Waals surface area contributed by atoms with Crippen LogP contribution >= 0.6 is 13.5 Å². The average Bonchev–Trinajstić information content (AvgIpc) is 3.14. The number of pyridine rings is 1. The van der Waals surface area contributed by atoms with E-state index >= 15 is 0 Å². The minimum Gasteiger partial charge on any atom is -0.305 e. The molecule has 33 heavy (non-hydrogen) atoms. The van der Waals surface area contributed by atoms with Gasteiger partial charge in [-0.15, -0.1) is 0 Å². The smallest absolute Gasteiger partial charge is 0.305 e. The second kappa shape index (κ2) is 8.97. The van der Waals surface area contributed by atoms with Crippen LogP contribution in [0, 0.1) is 12.7 Å². The van der Waals surface area contributed by atoms with Crippen LogP contribution < -0.4 is 4.90 Å². The Morgan fingerprint density at radius 3 is 2.55 bits per heavy atom. The molecule has 0 unspecified atom stereocenters. The maximum Gasteiger partial charge on any atom is 0.416 e. The monoisotopic (exact) mass is 480 g/mol. The lowest BCUT2D eigenvalue weighted by Crippen LogP contribution is -2.43. The van der Waals surface area contributed by atoms with Crippen molar-refractivity contribution in [3.63, 3.8) is 0 Å². The van der Waals surface area contributed by atoms with E-state index in [4.69, 9.17) is 0 Å². The van der Waals surface area contributed by atoms with Crippen LogP contribution in [0.5, 0.6) is 0 Å². The Balaban J connectivity index is 0.00000306. The van der Waals surface area contributed by atoms with Gasteiger partial charge in [-0.05, 0) is 43.7 Å². The normalized spacial score (nSPS) is 15.8. The molecule has 2 aromatic heterocycles. The third kappa shape index (κ3) is 4.63. The number of carbonyl (C=O) groups excluding carboxylic acids is 2. The molecule has 0 N–H and O–H groups in total. The summed E-state index contributed by atoms with van der Waals surface area (Å²) in [7, 11) is 0. The van der Waals surface area contributed by atoms with Crippen LogP contribution in [0.3, 0.4) is 0 Å². The summed E-state index contributed by atoms with van der Waals surface area (Å²) in [4.78, 5) is 30.9. The number of hydrogen-bond acceptors (Lipinski definition) is 4. The third-order valence-electron chi connectivity index (χ3n) is 5.39. The molecule has 4 rings (SSSR count). The zero-order valence-electron chi connectivity index (χ0n) is 17.7. The average molecular weight is 480 g/mol. The first-order valence-corrected chi connectivity index (χ1v) is 9.76. The molecular weight excluding hydrogens is 460 g/mol. The van der Waals surface area contributed by atoms with Gasteiger partial charge in [-0.2, -0.15) is 31.8 Å². The molecule has 1 aliphatic heterocycles. The Labute approximate surface area is 193 Å². The van der Waals surface area contributed by atoms with Crippen molar-refractivity contribution < 1.29 is 27.2 Å². The van der Waals surface area contributed by atoms with Gasteiger partial charge in [0.25, 0.3) is 5.91 Å². The van der Waals surface area contributed by atoms with Crippen molar-refractivity contribution in [2.45, 2.75) is 32.5 Å². The Kier molecular flexibility index (Phi) is 6.64. The predicted octanol–water partition coefficient (Wildman–Crippen LogP) is 4.50. The second-order valence-corrected chi connectivity index (χ2v) is 7.72. The van der Waals surface area contributed by atoms with Crippen LogP contribution in [-0.2, 0) is 12.6 Å². The highest BCUT2D eigenvalue weighted by Gasteiger charge is 2.36. The van der Waals surface area contributed by atoms with Crippen molar-refractivity contribution >= 4 is 30.9 Å². The SMILES string of the molecule is Cc1cc(N2C[C@H](C)n3ncc(CC(=O)c4cncc(F)c4)c3C2=O)ccc1C(F)(F)F.S. The van der Waals surface area contributed by atoms with Crippen LogP contribution in [-0.4, -0.2) is 33.0 Å². The number of benzene rings is 1. The fourth-order valence-corrected chi connectivity index (χ4v) is 3.84. The molecule has 0 radical (unpaired) electrons. The molecule has 0 saturated heterocycles. The third-order valence-corrected chi connectivity index (χ3v) is 5.39. The summed E-state index contributed by atoms with van der Waals surface area (Å²) in [5, 5.41) is 4.22. The Hall–Kier alpha value is -3.21. The number of alkyl halides is 3. The van der Waals surface area contributed by atoms with E-state index in [0.717, 1.165) is 18.3 Å². The topological polar surface area (TPSA) is 68.1 Å². The molecule has 6 nitrogen and oxygen atoms in total. The minimum atomic E-state index is -4.49. The molecule has 1 aliphatic rings. The predicted molar refractivity (Wildman–Crippen MR) is 117 cm³/mol. The summed E-state index contributed by atoms with van der Waals surface area (Å²) >= 11 is 0. The van der Waals surface area contributed by atoms with Gasteiger partial charge in [-0.3, -0.25) is 19.3 Å². The minimum absolute atomic E-state index is 0. The molecule has 174 valence electrons. The number of nitrogens with zero attached hydrogens (tertiary/aromatic N) is 4. The number of rotatable bonds is 4. The van der Waals surface area contributed by atoms with Gasteiger partial charge in [0.05, 0.1) is 24.0 Å². The quantitative estimate of drug-likeness (QED) is 0.407. The first-order valence-electron chi connectivity index (χ1n) is 9.76. The van der Waals surface area contributed by atoms with E-state index in [1.165, 1.54) is 41.0 Å². The highest BCUT2D eigenvalue weighted by atomic mass is 32.1. The number of ketones is 1. The van der Waals surface area contributed by atoms with Crippen LogP contribution in [0.15, 0.2) is 42.9 Å².